The number of carbonyl (C=O) groups is 2. The van der Waals surface area contributed by atoms with Gasteiger partial charge in [0.2, 0.25) is 11.6 Å². The molecule has 1 aliphatic heterocycles. The van der Waals surface area contributed by atoms with Crippen LogP contribution in [-0.4, -0.2) is 66.4 Å². The molecule has 1 aromatic carbocycles. The van der Waals surface area contributed by atoms with E-state index < -0.39 is 0 Å². The topological polar surface area (TPSA) is 103 Å². The molecule has 9 heteroatoms. The average molecular weight is 453 g/mol. The number of likely N-dealkylation sites (tertiary alicyclic amines) is 1. The fraction of sp³-hybridized carbons (Fsp3) is 0.417. The molecule has 2 aliphatic rings. The number of rotatable bonds is 10. The van der Waals surface area contributed by atoms with Crippen LogP contribution < -0.4 is 14.8 Å². The largest absolute Gasteiger partial charge is 0.493 e. The summed E-state index contributed by atoms with van der Waals surface area (Å²) >= 11 is 0. The minimum atomic E-state index is -0.375. The van der Waals surface area contributed by atoms with Crippen molar-refractivity contribution in [2.45, 2.75) is 26.2 Å². The maximum atomic E-state index is 12.5. The van der Waals surface area contributed by atoms with E-state index in [0.717, 1.165) is 13.0 Å². The summed E-state index contributed by atoms with van der Waals surface area (Å²) in [6.45, 7) is 5.99. The molecule has 9 nitrogen and oxygen atoms in total. The molecule has 33 heavy (non-hydrogen) atoms. The van der Waals surface area contributed by atoms with Gasteiger partial charge in [0.25, 0.3) is 0 Å². The van der Waals surface area contributed by atoms with Crippen LogP contribution in [0, 0.1) is 0 Å². The van der Waals surface area contributed by atoms with Crippen LogP contribution >= 0.6 is 0 Å². The Morgan fingerprint density at radius 1 is 1.03 bits per heavy atom. The van der Waals surface area contributed by atoms with Gasteiger partial charge >= 0.3 is 0 Å². The highest BCUT2D eigenvalue weighted by atomic mass is 16.5. The summed E-state index contributed by atoms with van der Waals surface area (Å²) in [5.41, 5.74) is 0.744. The molecule has 1 fully saturated rings. The maximum absolute atomic E-state index is 12.5. The first-order valence-corrected chi connectivity index (χ1v) is 11.2. The number of allylic oxidation sites excluding steroid dienone is 2. The second-order valence-electron chi connectivity index (χ2n) is 7.85. The molecule has 0 radical (unpaired) electrons. The number of anilines is 1. The molecule has 0 spiro atoms. The van der Waals surface area contributed by atoms with E-state index in [1.807, 2.05) is 0 Å². The zero-order valence-electron chi connectivity index (χ0n) is 18.9. The van der Waals surface area contributed by atoms with E-state index >= 15 is 0 Å². The van der Waals surface area contributed by atoms with Crippen LogP contribution in [0.4, 0.5) is 5.82 Å². The second-order valence-corrected chi connectivity index (χ2v) is 7.85. The van der Waals surface area contributed by atoms with Crippen LogP contribution in [0.2, 0.25) is 0 Å². The Morgan fingerprint density at radius 2 is 1.85 bits per heavy atom. The van der Waals surface area contributed by atoms with Crippen molar-refractivity contribution in [1.29, 1.82) is 0 Å². The van der Waals surface area contributed by atoms with Crippen molar-refractivity contribution in [3.8, 4) is 11.5 Å². The predicted octanol–water partition coefficient (Wildman–Crippen LogP) is 2.87. The summed E-state index contributed by atoms with van der Waals surface area (Å²) in [6.07, 6.45) is 7.28. The minimum Gasteiger partial charge on any atom is -0.493 e. The summed E-state index contributed by atoms with van der Waals surface area (Å²) in [6, 6.07) is 3.57. The summed E-state index contributed by atoms with van der Waals surface area (Å²) < 4.78 is 16.7. The molecule has 1 saturated heterocycles. The highest BCUT2D eigenvalue weighted by Gasteiger charge is 2.22. The van der Waals surface area contributed by atoms with E-state index in [1.165, 1.54) is 44.4 Å². The SMILES string of the molecule is CCOC1=CC(=O)C(Nc2ncnc3cc(OCCCN4CCCC4)c(OC)cc23)=CC1=O. The van der Waals surface area contributed by atoms with E-state index in [2.05, 4.69) is 20.2 Å². The first-order valence-electron chi connectivity index (χ1n) is 11.2. The summed E-state index contributed by atoms with van der Waals surface area (Å²) in [5, 5.41) is 3.60. The third kappa shape index (κ3) is 5.31. The molecule has 2 heterocycles. The number of ether oxygens (including phenoxy) is 3. The summed E-state index contributed by atoms with van der Waals surface area (Å²) in [5.74, 6) is 0.825. The van der Waals surface area contributed by atoms with Crippen molar-refractivity contribution in [2.75, 3.05) is 45.3 Å². The van der Waals surface area contributed by atoms with Crippen LogP contribution in [0.25, 0.3) is 10.9 Å². The second kappa shape index (κ2) is 10.4. The molecule has 0 atom stereocenters. The Bertz CT molecular complexity index is 1110. The van der Waals surface area contributed by atoms with Crippen molar-refractivity contribution in [3.05, 3.63) is 42.1 Å². The highest BCUT2D eigenvalue weighted by molar-refractivity contribution is 6.20. The molecule has 4 rings (SSSR count). The Hall–Kier alpha value is -3.46. The fourth-order valence-electron chi connectivity index (χ4n) is 3.95. The standard InChI is InChI=1S/C24H28N4O5/c1-3-32-21-14-19(29)18(12-20(21)30)27-24-16-11-22(31-2)23(13-17(16)25-15-26-24)33-10-6-9-28-7-4-5-8-28/h11-15H,3-10H2,1-2H3,(H,25,26,27). The summed E-state index contributed by atoms with van der Waals surface area (Å²) in [4.78, 5) is 35.7. The molecule has 1 aliphatic carbocycles. The molecule has 1 N–H and O–H groups in total. The zero-order chi connectivity index (χ0) is 23.2. The van der Waals surface area contributed by atoms with Gasteiger partial charge in [-0.2, -0.15) is 0 Å². The van der Waals surface area contributed by atoms with Gasteiger partial charge in [-0.05, 0) is 45.3 Å². The van der Waals surface area contributed by atoms with Gasteiger partial charge in [0.15, 0.2) is 17.3 Å². The first kappa shape index (κ1) is 22.7. The van der Waals surface area contributed by atoms with Crippen molar-refractivity contribution in [1.82, 2.24) is 14.9 Å². The van der Waals surface area contributed by atoms with Gasteiger partial charge in [0.1, 0.15) is 12.1 Å². The number of ketones is 2. The Labute approximate surface area is 192 Å². The number of carbonyl (C=O) groups excluding carboxylic acids is 2. The Kier molecular flexibility index (Phi) is 7.19. The number of benzene rings is 1. The fourth-order valence-corrected chi connectivity index (χ4v) is 3.95. The van der Waals surface area contributed by atoms with Crippen LogP contribution in [-0.2, 0) is 14.3 Å². The van der Waals surface area contributed by atoms with Crippen LogP contribution in [0.3, 0.4) is 0 Å². The number of fused-ring (bicyclic) bond motifs is 1. The highest BCUT2D eigenvalue weighted by Crippen LogP contribution is 2.34. The number of aromatic nitrogens is 2. The van der Waals surface area contributed by atoms with Gasteiger partial charge in [0.05, 0.1) is 31.5 Å². The quantitative estimate of drug-likeness (QED) is 0.430. The van der Waals surface area contributed by atoms with E-state index in [0.29, 0.717) is 41.4 Å². The number of nitrogens with one attached hydrogen (secondary N) is 1. The first-order chi connectivity index (χ1) is 16.1. The molecule has 2 aromatic rings. The lowest BCUT2D eigenvalue weighted by Crippen LogP contribution is -2.22. The van der Waals surface area contributed by atoms with Gasteiger partial charge < -0.3 is 24.4 Å². The molecule has 174 valence electrons. The molecular formula is C24H28N4O5. The van der Waals surface area contributed by atoms with E-state index in [-0.39, 0.29) is 23.0 Å². The third-order valence-electron chi connectivity index (χ3n) is 5.59. The molecule has 0 saturated carbocycles. The molecule has 0 bridgehead atoms. The maximum Gasteiger partial charge on any atom is 0.222 e. The smallest absolute Gasteiger partial charge is 0.222 e. The lowest BCUT2D eigenvalue weighted by molar-refractivity contribution is -0.117. The van der Waals surface area contributed by atoms with Gasteiger partial charge in [-0.3, -0.25) is 9.59 Å². The van der Waals surface area contributed by atoms with Gasteiger partial charge in [-0.15, -0.1) is 0 Å². The summed E-state index contributed by atoms with van der Waals surface area (Å²) in [7, 11) is 1.57. The predicted molar refractivity (Wildman–Crippen MR) is 123 cm³/mol. The Morgan fingerprint density at radius 3 is 2.61 bits per heavy atom. The number of hydrogen-bond donors (Lipinski definition) is 1. The normalized spacial score (nSPS) is 16.5. The van der Waals surface area contributed by atoms with Crippen molar-refractivity contribution < 1.29 is 23.8 Å². The zero-order valence-corrected chi connectivity index (χ0v) is 18.9. The molecular weight excluding hydrogens is 424 g/mol. The lowest BCUT2D eigenvalue weighted by atomic mass is 10.1. The lowest BCUT2D eigenvalue weighted by Gasteiger charge is -2.17. The molecule has 0 unspecified atom stereocenters. The Balaban J connectivity index is 1.50. The van der Waals surface area contributed by atoms with E-state index in [1.54, 1.807) is 26.2 Å². The minimum absolute atomic E-state index is 0.0359. The van der Waals surface area contributed by atoms with Crippen LogP contribution in [0.15, 0.2) is 42.1 Å². The molecule has 1 aromatic heterocycles. The van der Waals surface area contributed by atoms with Gasteiger partial charge in [-0.25, -0.2) is 9.97 Å². The average Bonchev–Trinajstić information content (AvgIpc) is 3.33. The van der Waals surface area contributed by atoms with Crippen LogP contribution in [0.5, 0.6) is 11.5 Å². The molecule has 0 amide bonds. The van der Waals surface area contributed by atoms with Crippen LogP contribution in [0.1, 0.15) is 26.2 Å². The number of nitrogens with zero attached hydrogens (tertiary/aromatic N) is 3. The number of methoxy groups -OCH3 is 1. The number of hydrogen-bond acceptors (Lipinski definition) is 9. The van der Waals surface area contributed by atoms with Crippen molar-refractivity contribution in [2.24, 2.45) is 0 Å². The van der Waals surface area contributed by atoms with Gasteiger partial charge in [-0.1, -0.05) is 0 Å². The monoisotopic (exact) mass is 452 g/mol. The third-order valence-corrected chi connectivity index (χ3v) is 5.59. The van der Waals surface area contributed by atoms with E-state index in [4.69, 9.17) is 14.2 Å². The van der Waals surface area contributed by atoms with Crippen molar-refractivity contribution >= 4 is 28.3 Å². The van der Waals surface area contributed by atoms with Gasteiger partial charge in [0, 0.05) is 30.1 Å². The van der Waals surface area contributed by atoms with Crippen molar-refractivity contribution in [3.63, 3.8) is 0 Å². The van der Waals surface area contributed by atoms with E-state index in [9.17, 15) is 9.59 Å².